The topological polar surface area (TPSA) is 18.5 Å². The molecule has 0 aromatic rings. The van der Waals surface area contributed by atoms with E-state index < -0.39 is 0 Å². The zero-order chi connectivity index (χ0) is 13.2. The van der Waals surface area contributed by atoms with Gasteiger partial charge in [-0.05, 0) is 72.6 Å². The molecule has 106 valence electrons. The van der Waals surface area contributed by atoms with Crippen molar-refractivity contribution in [1.82, 2.24) is 15.1 Å². The van der Waals surface area contributed by atoms with Gasteiger partial charge < -0.3 is 15.1 Å². The summed E-state index contributed by atoms with van der Waals surface area (Å²) in [7, 11) is 4.60. The number of piperidine rings is 2. The minimum atomic E-state index is 0.320. The Morgan fingerprint density at radius 1 is 1.33 bits per heavy atom. The van der Waals surface area contributed by atoms with Gasteiger partial charge in [-0.1, -0.05) is 0 Å². The van der Waals surface area contributed by atoms with Crippen LogP contribution in [-0.2, 0) is 0 Å². The second kappa shape index (κ2) is 5.89. The van der Waals surface area contributed by atoms with Crippen molar-refractivity contribution in [3.8, 4) is 0 Å². The Hall–Kier alpha value is -0.120. The zero-order valence-electron chi connectivity index (χ0n) is 12.7. The van der Waals surface area contributed by atoms with Gasteiger partial charge in [0.15, 0.2) is 0 Å². The Kier molecular flexibility index (Phi) is 4.68. The van der Waals surface area contributed by atoms with Crippen molar-refractivity contribution in [2.24, 2.45) is 5.92 Å². The van der Waals surface area contributed by atoms with Crippen LogP contribution in [0.3, 0.4) is 0 Å². The van der Waals surface area contributed by atoms with Crippen LogP contribution in [0.2, 0.25) is 0 Å². The molecule has 0 amide bonds. The summed E-state index contributed by atoms with van der Waals surface area (Å²) >= 11 is 0. The van der Waals surface area contributed by atoms with Crippen LogP contribution in [0.25, 0.3) is 0 Å². The summed E-state index contributed by atoms with van der Waals surface area (Å²) in [5.41, 5.74) is 0.320. The Bertz CT molecular complexity index is 264. The molecule has 0 radical (unpaired) electrons. The van der Waals surface area contributed by atoms with Crippen LogP contribution in [0, 0.1) is 5.92 Å². The minimum Gasteiger partial charge on any atom is -0.312 e. The van der Waals surface area contributed by atoms with Crippen molar-refractivity contribution in [2.45, 2.75) is 51.1 Å². The highest BCUT2D eigenvalue weighted by Gasteiger charge is 2.30. The van der Waals surface area contributed by atoms with Crippen LogP contribution in [0.15, 0.2) is 0 Å². The second-order valence-corrected chi connectivity index (χ2v) is 7.17. The van der Waals surface area contributed by atoms with Crippen molar-refractivity contribution in [1.29, 1.82) is 0 Å². The number of nitrogens with one attached hydrogen (secondary N) is 1. The number of hydrogen-bond donors (Lipinski definition) is 1. The summed E-state index contributed by atoms with van der Waals surface area (Å²) in [6.07, 6.45) is 5.39. The predicted octanol–water partition coefficient (Wildman–Crippen LogP) is 1.79. The molecular weight excluding hydrogens is 222 g/mol. The molecule has 0 aliphatic carbocycles. The normalized spacial score (nSPS) is 33.8. The van der Waals surface area contributed by atoms with E-state index in [0.29, 0.717) is 5.54 Å². The molecule has 0 saturated carbocycles. The number of likely N-dealkylation sites (tertiary alicyclic amines) is 1. The fourth-order valence-electron chi connectivity index (χ4n) is 3.70. The number of hydrogen-bond acceptors (Lipinski definition) is 3. The molecule has 2 saturated heterocycles. The number of nitrogens with zero attached hydrogens (tertiary/aromatic N) is 2. The van der Waals surface area contributed by atoms with Gasteiger partial charge in [0.1, 0.15) is 0 Å². The van der Waals surface area contributed by atoms with Gasteiger partial charge in [0.05, 0.1) is 0 Å². The van der Waals surface area contributed by atoms with E-state index >= 15 is 0 Å². The van der Waals surface area contributed by atoms with E-state index in [0.717, 1.165) is 12.0 Å². The second-order valence-electron chi connectivity index (χ2n) is 7.17. The summed E-state index contributed by atoms with van der Waals surface area (Å²) in [5.74, 6) is 0.881. The predicted molar refractivity (Wildman–Crippen MR) is 78.0 cm³/mol. The maximum absolute atomic E-state index is 3.62. The molecule has 3 heteroatoms. The zero-order valence-corrected chi connectivity index (χ0v) is 12.7. The van der Waals surface area contributed by atoms with Crippen molar-refractivity contribution in [3.63, 3.8) is 0 Å². The Morgan fingerprint density at radius 3 is 2.78 bits per heavy atom. The monoisotopic (exact) mass is 253 g/mol. The van der Waals surface area contributed by atoms with Crippen LogP contribution in [0.1, 0.15) is 39.5 Å². The molecule has 2 atom stereocenters. The first-order chi connectivity index (χ1) is 8.46. The smallest absolute Gasteiger partial charge is 0.0140 e. The Morgan fingerprint density at radius 2 is 2.11 bits per heavy atom. The van der Waals surface area contributed by atoms with Crippen LogP contribution in [0.4, 0.5) is 0 Å². The van der Waals surface area contributed by atoms with E-state index in [-0.39, 0.29) is 0 Å². The molecule has 3 nitrogen and oxygen atoms in total. The summed E-state index contributed by atoms with van der Waals surface area (Å²) in [6.45, 7) is 9.71. The molecule has 0 bridgehead atoms. The lowest BCUT2D eigenvalue weighted by atomic mass is 9.88. The molecule has 2 aliphatic heterocycles. The molecule has 2 aliphatic rings. The first-order valence-electron chi connectivity index (χ1n) is 7.60. The van der Waals surface area contributed by atoms with Gasteiger partial charge in [-0.3, -0.25) is 0 Å². The van der Waals surface area contributed by atoms with E-state index in [9.17, 15) is 0 Å². The van der Waals surface area contributed by atoms with Gasteiger partial charge in [0.25, 0.3) is 0 Å². The molecule has 2 rings (SSSR count). The van der Waals surface area contributed by atoms with Gasteiger partial charge in [0, 0.05) is 24.7 Å². The summed E-state index contributed by atoms with van der Waals surface area (Å²) < 4.78 is 0. The third-order valence-electron chi connectivity index (χ3n) is 4.72. The number of rotatable bonds is 3. The molecule has 2 fully saturated rings. The maximum atomic E-state index is 3.62. The van der Waals surface area contributed by atoms with Crippen molar-refractivity contribution in [2.75, 3.05) is 40.3 Å². The van der Waals surface area contributed by atoms with Gasteiger partial charge in [-0.15, -0.1) is 0 Å². The van der Waals surface area contributed by atoms with Gasteiger partial charge in [0.2, 0.25) is 0 Å². The lowest BCUT2D eigenvalue weighted by Crippen LogP contribution is -2.53. The average molecular weight is 253 g/mol. The third-order valence-corrected chi connectivity index (χ3v) is 4.72. The summed E-state index contributed by atoms with van der Waals surface area (Å²) in [6, 6.07) is 0.772. The molecule has 0 spiro atoms. The first kappa shape index (κ1) is 14.3. The van der Waals surface area contributed by atoms with Crippen LogP contribution >= 0.6 is 0 Å². The maximum Gasteiger partial charge on any atom is 0.0140 e. The van der Waals surface area contributed by atoms with E-state index in [2.05, 4.69) is 43.1 Å². The molecule has 0 aromatic carbocycles. The Balaban J connectivity index is 1.81. The fourth-order valence-corrected chi connectivity index (χ4v) is 3.70. The van der Waals surface area contributed by atoms with Crippen LogP contribution in [-0.4, -0.2) is 61.7 Å². The Labute approximate surface area is 113 Å². The lowest BCUT2D eigenvalue weighted by molar-refractivity contribution is 0.103. The lowest BCUT2D eigenvalue weighted by Gasteiger charge is -2.42. The third kappa shape index (κ3) is 3.94. The first-order valence-corrected chi connectivity index (χ1v) is 7.60. The molecule has 2 unspecified atom stereocenters. The summed E-state index contributed by atoms with van der Waals surface area (Å²) in [5, 5.41) is 3.62. The fraction of sp³-hybridized carbons (Fsp3) is 1.00. The molecule has 2 heterocycles. The average Bonchev–Trinajstić information content (AvgIpc) is 2.27. The van der Waals surface area contributed by atoms with Crippen LogP contribution < -0.4 is 5.32 Å². The van der Waals surface area contributed by atoms with Crippen molar-refractivity contribution < 1.29 is 0 Å². The van der Waals surface area contributed by atoms with Crippen LogP contribution in [0.5, 0.6) is 0 Å². The van der Waals surface area contributed by atoms with E-state index in [1.165, 1.54) is 51.9 Å². The highest BCUT2D eigenvalue weighted by Crippen LogP contribution is 2.24. The summed E-state index contributed by atoms with van der Waals surface area (Å²) in [4.78, 5) is 5.13. The highest BCUT2D eigenvalue weighted by atomic mass is 15.2. The quantitative estimate of drug-likeness (QED) is 0.827. The standard InChI is InChI=1S/C15H31N3/c1-15(2)10-14(7-8-16-15)18(4)12-13-6-5-9-17(3)11-13/h13-14,16H,5-12H2,1-4H3. The van der Waals surface area contributed by atoms with E-state index in [4.69, 9.17) is 0 Å². The molecule has 1 N–H and O–H groups in total. The van der Waals surface area contributed by atoms with E-state index in [1.807, 2.05) is 0 Å². The molecule has 0 aromatic heterocycles. The SMILES string of the molecule is CN1CCCC(CN(C)C2CCNC(C)(C)C2)C1. The molecular formula is C15H31N3. The van der Waals surface area contributed by atoms with Crippen molar-refractivity contribution in [3.05, 3.63) is 0 Å². The van der Waals surface area contributed by atoms with Gasteiger partial charge >= 0.3 is 0 Å². The van der Waals surface area contributed by atoms with Gasteiger partial charge in [-0.2, -0.15) is 0 Å². The highest BCUT2D eigenvalue weighted by molar-refractivity contribution is 4.90. The minimum absolute atomic E-state index is 0.320. The van der Waals surface area contributed by atoms with E-state index in [1.54, 1.807) is 0 Å². The molecule has 18 heavy (non-hydrogen) atoms. The largest absolute Gasteiger partial charge is 0.312 e. The van der Waals surface area contributed by atoms with Gasteiger partial charge in [-0.25, -0.2) is 0 Å². The van der Waals surface area contributed by atoms with Crippen molar-refractivity contribution >= 4 is 0 Å².